The molecule has 0 fully saturated rings. The average molecular weight is 810 g/mol. The highest BCUT2D eigenvalue weighted by atomic mass is 16.6. The molecule has 0 aromatic rings. The van der Waals surface area contributed by atoms with E-state index in [1.807, 2.05) is 0 Å². The first kappa shape index (κ1) is 54.5. The van der Waals surface area contributed by atoms with Crippen molar-refractivity contribution in [3.8, 4) is 0 Å². The number of nitrogens with zero attached hydrogens (tertiary/aromatic N) is 1. The minimum atomic E-state index is -1.14. The number of hydrogen-bond donors (Lipinski definition) is 0. The molecule has 0 radical (unpaired) electrons. The lowest BCUT2D eigenvalue weighted by Gasteiger charge is -2.34. The van der Waals surface area contributed by atoms with Crippen LogP contribution < -0.4 is 5.11 Å². The number of hydrogen-bond acceptors (Lipinski definition) is 7. The number of esters is 2. The van der Waals surface area contributed by atoms with E-state index in [0.29, 0.717) is 12.8 Å². The van der Waals surface area contributed by atoms with Crippen molar-refractivity contribution in [3.05, 3.63) is 85.1 Å². The summed E-state index contributed by atoms with van der Waals surface area (Å²) in [5.41, 5.74) is 0. The van der Waals surface area contributed by atoms with Crippen LogP contribution in [0, 0.1) is 0 Å². The molecule has 2 atom stereocenters. The number of carboxylic acid groups (broad SMARTS) is 1. The maximum absolute atomic E-state index is 12.7. The summed E-state index contributed by atoms with van der Waals surface area (Å²) in [4.78, 5) is 36.8. The molecule has 8 heteroatoms. The number of carbonyl (C=O) groups is 3. The maximum Gasteiger partial charge on any atom is 0.306 e. The van der Waals surface area contributed by atoms with Gasteiger partial charge in [-0.25, -0.2) is 0 Å². The largest absolute Gasteiger partial charge is 0.544 e. The number of quaternary nitrogens is 1. The first-order valence-corrected chi connectivity index (χ1v) is 22.6. The van der Waals surface area contributed by atoms with Crippen LogP contribution in [0.15, 0.2) is 85.1 Å². The van der Waals surface area contributed by atoms with E-state index in [2.05, 4.69) is 98.9 Å². The van der Waals surface area contributed by atoms with E-state index in [-0.39, 0.29) is 49.1 Å². The molecule has 0 bridgehead atoms. The topological polar surface area (TPSA) is 102 Å². The number of likely N-dealkylation sites (N-methyl/N-ethyl adjacent to an activating group) is 1. The molecule has 2 unspecified atom stereocenters. The van der Waals surface area contributed by atoms with Crippen LogP contribution >= 0.6 is 0 Å². The Labute approximate surface area is 354 Å². The van der Waals surface area contributed by atoms with Crippen molar-refractivity contribution >= 4 is 17.9 Å². The number of carboxylic acids is 1. The van der Waals surface area contributed by atoms with E-state index in [1.165, 1.54) is 44.9 Å². The normalized spacial score (nSPS) is 13.7. The van der Waals surface area contributed by atoms with E-state index >= 15 is 0 Å². The number of rotatable bonds is 39. The lowest BCUT2D eigenvalue weighted by atomic mass is 10.0. The molecule has 58 heavy (non-hydrogen) atoms. The van der Waals surface area contributed by atoms with Gasteiger partial charge in [-0.15, -0.1) is 0 Å². The Balaban J connectivity index is 4.30. The fraction of sp³-hybridized carbons (Fsp3) is 0.660. The second-order valence-corrected chi connectivity index (χ2v) is 15.9. The van der Waals surface area contributed by atoms with E-state index in [1.54, 1.807) is 21.1 Å². The Kier molecular flexibility index (Phi) is 37.9. The smallest absolute Gasteiger partial charge is 0.306 e. The summed E-state index contributed by atoms with van der Waals surface area (Å²) in [5, 5.41) is 11.6. The lowest BCUT2D eigenvalue weighted by molar-refractivity contribution is -0.889. The van der Waals surface area contributed by atoms with E-state index in [4.69, 9.17) is 14.2 Å². The Morgan fingerprint density at radius 2 is 0.931 bits per heavy atom. The van der Waals surface area contributed by atoms with Gasteiger partial charge in [-0.2, -0.15) is 0 Å². The van der Waals surface area contributed by atoms with Gasteiger partial charge in [0.05, 0.1) is 40.3 Å². The second-order valence-electron chi connectivity index (χ2n) is 15.9. The number of allylic oxidation sites excluding steroid dienone is 14. The molecule has 0 heterocycles. The van der Waals surface area contributed by atoms with Crippen molar-refractivity contribution in [1.82, 2.24) is 0 Å². The first-order chi connectivity index (χ1) is 28.1. The van der Waals surface area contributed by atoms with Crippen molar-refractivity contribution in [2.75, 3.05) is 41.0 Å². The maximum atomic E-state index is 12.7. The molecule has 8 nitrogen and oxygen atoms in total. The summed E-state index contributed by atoms with van der Waals surface area (Å²) >= 11 is 0. The zero-order valence-electron chi connectivity index (χ0n) is 37.4. The third-order valence-electron chi connectivity index (χ3n) is 9.53. The standard InChI is InChI=1S/C50H83NO7/c1-6-8-10-12-14-16-18-19-20-21-22-23-24-25-26-27-28-29-31-33-35-37-39-41-49(53)58-46(44-56-43-42-47(50(54)55)51(3,4)5)45-57-48(52)40-38-36-34-32-30-17-15-13-11-9-7-2/h8-11,14-17,19-20,22-23,32,34,46-47H,6-7,12-13,18,21,24-31,33,35-45H2,1-5H3/b10-8+,11-9+,16-14+,17-15+,20-19+,23-22+,34-32+. The quantitative estimate of drug-likeness (QED) is 0.0264. The van der Waals surface area contributed by atoms with Crippen LogP contribution in [0.1, 0.15) is 162 Å². The molecule has 0 rings (SSSR count). The Morgan fingerprint density at radius 3 is 1.40 bits per heavy atom. The molecule has 0 aromatic carbocycles. The minimum Gasteiger partial charge on any atom is -0.544 e. The summed E-state index contributed by atoms with van der Waals surface area (Å²) in [5.74, 6) is -1.82. The Morgan fingerprint density at radius 1 is 0.517 bits per heavy atom. The fourth-order valence-electron chi connectivity index (χ4n) is 6.08. The minimum absolute atomic E-state index is 0.0187. The highest BCUT2D eigenvalue weighted by Gasteiger charge is 2.25. The monoisotopic (exact) mass is 810 g/mol. The van der Waals surface area contributed by atoms with Gasteiger partial charge in [0.15, 0.2) is 6.10 Å². The summed E-state index contributed by atoms with van der Waals surface area (Å²) in [6, 6.07) is -0.737. The van der Waals surface area contributed by atoms with Crippen LogP contribution in [0.5, 0.6) is 0 Å². The van der Waals surface area contributed by atoms with Crippen molar-refractivity contribution in [3.63, 3.8) is 0 Å². The predicted octanol–water partition coefficient (Wildman–Crippen LogP) is 11.2. The molecule has 0 aliphatic heterocycles. The van der Waals surface area contributed by atoms with Gasteiger partial charge in [-0.1, -0.05) is 150 Å². The van der Waals surface area contributed by atoms with Crippen LogP contribution in [0.4, 0.5) is 0 Å². The number of aliphatic carboxylic acids is 1. The SMILES string of the molecule is CC/C=C/C/C=C/C/C=C/C/C=C/CCCCCCCCCCCCC(=O)OC(COCCC(C(=O)[O-])[N+](C)(C)C)COC(=O)CCC/C=C/C/C=C/C/C=C/CC. The molecular weight excluding hydrogens is 727 g/mol. The highest BCUT2D eigenvalue weighted by Crippen LogP contribution is 2.14. The van der Waals surface area contributed by atoms with Gasteiger partial charge in [-0.3, -0.25) is 9.59 Å². The van der Waals surface area contributed by atoms with Crippen LogP contribution in [-0.4, -0.2) is 75.5 Å². The number of unbranched alkanes of at least 4 members (excludes halogenated alkanes) is 11. The van der Waals surface area contributed by atoms with Crippen molar-refractivity contribution in [2.45, 2.75) is 174 Å². The van der Waals surface area contributed by atoms with Crippen molar-refractivity contribution in [1.29, 1.82) is 0 Å². The number of carbonyl (C=O) groups excluding carboxylic acids is 3. The molecule has 0 aromatic heterocycles. The number of ether oxygens (including phenoxy) is 3. The lowest BCUT2D eigenvalue weighted by Crippen LogP contribution is -2.55. The molecule has 0 saturated heterocycles. The van der Waals surface area contributed by atoms with Gasteiger partial charge in [0, 0.05) is 19.3 Å². The molecule has 0 aliphatic carbocycles. The first-order valence-electron chi connectivity index (χ1n) is 22.6. The Bertz CT molecular complexity index is 1220. The summed E-state index contributed by atoms with van der Waals surface area (Å²) < 4.78 is 17.1. The molecular formula is C50H83NO7. The molecule has 0 N–H and O–H groups in total. The predicted molar refractivity (Wildman–Crippen MR) is 240 cm³/mol. The van der Waals surface area contributed by atoms with Crippen LogP contribution in [0.3, 0.4) is 0 Å². The third kappa shape index (κ3) is 38.1. The van der Waals surface area contributed by atoms with Crippen molar-refractivity contribution < 1.29 is 38.2 Å². The zero-order chi connectivity index (χ0) is 42.8. The zero-order valence-corrected chi connectivity index (χ0v) is 37.4. The molecule has 0 saturated carbocycles. The average Bonchev–Trinajstić information content (AvgIpc) is 3.18. The van der Waals surface area contributed by atoms with Gasteiger partial charge in [0.25, 0.3) is 0 Å². The second kappa shape index (κ2) is 40.3. The molecule has 0 aliphatic rings. The highest BCUT2D eigenvalue weighted by molar-refractivity contribution is 5.70. The molecule has 0 amide bonds. The van der Waals surface area contributed by atoms with Crippen molar-refractivity contribution in [2.24, 2.45) is 0 Å². The van der Waals surface area contributed by atoms with E-state index in [0.717, 1.165) is 77.0 Å². The Hall–Kier alpha value is -3.49. The van der Waals surface area contributed by atoms with Crippen LogP contribution in [0.2, 0.25) is 0 Å². The van der Waals surface area contributed by atoms with Gasteiger partial charge in [-0.05, 0) is 77.0 Å². The summed E-state index contributed by atoms with van der Waals surface area (Å²) in [6.07, 6.45) is 52.0. The van der Waals surface area contributed by atoms with Gasteiger partial charge in [0.1, 0.15) is 12.6 Å². The summed E-state index contributed by atoms with van der Waals surface area (Å²) in [6.45, 7) is 4.35. The third-order valence-corrected chi connectivity index (χ3v) is 9.53. The summed E-state index contributed by atoms with van der Waals surface area (Å²) in [7, 11) is 5.38. The van der Waals surface area contributed by atoms with E-state index < -0.39 is 18.1 Å². The van der Waals surface area contributed by atoms with Gasteiger partial charge >= 0.3 is 11.9 Å². The molecule has 330 valence electrons. The van der Waals surface area contributed by atoms with Crippen LogP contribution in [-0.2, 0) is 28.6 Å². The van der Waals surface area contributed by atoms with Gasteiger partial charge < -0.3 is 28.6 Å². The molecule has 0 spiro atoms. The fourth-order valence-corrected chi connectivity index (χ4v) is 6.08. The van der Waals surface area contributed by atoms with Gasteiger partial charge in [0.2, 0.25) is 0 Å². The van der Waals surface area contributed by atoms with E-state index in [9.17, 15) is 19.5 Å². The van der Waals surface area contributed by atoms with Crippen LogP contribution in [0.25, 0.3) is 0 Å².